The van der Waals surface area contributed by atoms with Gasteiger partial charge >= 0.3 is 5.97 Å². The van der Waals surface area contributed by atoms with E-state index in [1.807, 2.05) is 61.5 Å². The Bertz CT molecular complexity index is 970. The third-order valence-corrected chi connectivity index (χ3v) is 5.02. The second-order valence-corrected chi connectivity index (χ2v) is 7.06. The van der Waals surface area contributed by atoms with Crippen molar-refractivity contribution in [3.8, 4) is 0 Å². The number of anilines is 1. The van der Waals surface area contributed by atoms with Crippen LogP contribution in [0.3, 0.4) is 0 Å². The fraction of sp³-hybridized carbons (Fsp3) is 0.190. The van der Waals surface area contributed by atoms with Gasteiger partial charge in [0.1, 0.15) is 11.3 Å². The summed E-state index contributed by atoms with van der Waals surface area (Å²) in [4.78, 5) is 26.5. The molecule has 0 bridgehead atoms. The number of aromatic nitrogens is 1. The molecule has 1 aromatic heterocycles. The molecule has 0 fully saturated rings. The van der Waals surface area contributed by atoms with Crippen LogP contribution >= 0.6 is 11.8 Å². The molecule has 6 nitrogen and oxygen atoms in total. The molecule has 0 saturated carbocycles. The van der Waals surface area contributed by atoms with E-state index in [1.54, 1.807) is 18.7 Å². The summed E-state index contributed by atoms with van der Waals surface area (Å²) >= 11 is 1.54. The molecule has 0 unspecified atom stereocenters. The molecule has 0 aliphatic carbocycles. The minimum atomic E-state index is -0.613. The van der Waals surface area contributed by atoms with Gasteiger partial charge in [0.05, 0.1) is 11.4 Å². The van der Waals surface area contributed by atoms with Crippen molar-refractivity contribution in [3.05, 3.63) is 71.6 Å². The van der Waals surface area contributed by atoms with E-state index >= 15 is 0 Å². The molecule has 1 heterocycles. The highest BCUT2D eigenvalue weighted by Gasteiger charge is 2.21. The Morgan fingerprint density at radius 3 is 2.57 bits per heavy atom. The lowest BCUT2D eigenvalue weighted by atomic mass is 10.1. The van der Waals surface area contributed by atoms with Gasteiger partial charge in [-0.2, -0.15) is 0 Å². The second-order valence-electron chi connectivity index (χ2n) is 5.95. The fourth-order valence-corrected chi connectivity index (χ4v) is 3.51. The molecule has 0 atom stereocenters. The molecular weight excluding hydrogens is 376 g/mol. The van der Waals surface area contributed by atoms with Crippen molar-refractivity contribution in [2.45, 2.75) is 30.1 Å². The number of para-hydroxylation sites is 1. The van der Waals surface area contributed by atoms with Gasteiger partial charge in [0.15, 0.2) is 6.61 Å². The van der Waals surface area contributed by atoms with Gasteiger partial charge in [0, 0.05) is 9.79 Å². The summed E-state index contributed by atoms with van der Waals surface area (Å²) in [5.74, 6) is -0.647. The Balaban J connectivity index is 1.62. The summed E-state index contributed by atoms with van der Waals surface area (Å²) in [6, 6.07) is 17.3. The van der Waals surface area contributed by atoms with Gasteiger partial charge in [0.25, 0.3) is 5.91 Å². The molecule has 1 N–H and O–H groups in total. The van der Waals surface area contributed by atoms with Crippen LogP contribution in [-0.4, -0.2) is 23.6 Å². The molecule has 0 aliphatic heterocycles. The van der Waals surface area contributed by atoms with Crippen molar-refractivity contribution in [1.29, 1.82) is 0 Å². The van der Waals surface area contributed by atoms with Gasteiger partial charge in [-0.05, 0) is 37.6 Å². The number of benzene rings is 2. The van der Waals surface area contributed by atoms with Gasteiger partial charge in [-0.15, -0.1) is 0 Å². The number of aryl methyl sites for hydroxylation is 2. The van der Waals surface area contributed by atoms with Gasteiger partial charge in [-0.1, -0.05) is 54.2 Å². The van der Waals surface area contributed by atoms with Crippen LogP contribution in [-0.2, 0) is 16.0 Å². The van der Waals surface area contributed by atoms with E-state index in [-0.39, 0.29) is 5.56 Å². The fourth-order valence-electron chi connectivity index (χ4n) is 2.58. The lowest BCUT2D eigenvalue weighted by molar-refractivity contribution is -0.119. The Kier molecular flexibility index (Phi) is 6.49. The van der Waals surface area contributed by atoms with Crippen LogP contribution in [0.2, 0.25) is 0 Å². The van der Waals surface area contributed by atoms with Gasteiger partial charge in [-0.25, -0.2) is 4.79 Å². The van der Waals surface area contributed by atoms with Crippen LogP contribution in [0, 0.1) is 6.92 Å². The van der Waals surface area contributed by atoms with Crippen LogP contribution in [0.15, 0.2) is 68.9 Å². The molecule has 3 rings (SSSR count). The first-order valence-electron chi connectivity index (χ1n) is 8.82. The zero-order valence-electron chi connectivity index (χ0n) is 15.6. The smallest absolute Gasteiger partial charge is 0.344 e. The molecule has 3 aromatic rings. The van der Waals surface area contributed by atoms with Gasteiger partial charge < -0.3 is 14.6 Å². The van der Waals surface area contributed by atoms with Crippen LogP contribution in [0.25, 0.3) is 0 Å². The number of rotatable bonds is 7. The third kappa shape index (κ3) is 4.80. The number of nitrogens with one attached hydrogen (secondary N) is 1. The molecular formula is C21H20N2O4S. The largest absolute Gasteiger partial charge is 0.452 e. The molecule has 0 spiro atoms. The Morgan fingerprint density at radius 2 is 1.82 bits per heavy atom. The summed E-state index contributed by atoms with van der Waals surface area (Å²) in [6.07, 6.45) is 0.540. The molecule has 144 valence electrons. The highest BCUT2D eigenvalue weighted by Crippen LogP contribution is 2.33. The van der Waals surface area contributed by atoms with Crippen molar-refractivity contribution in [3.63, 3.8) is 0 Å². The first kappa shape index (κ1) is 19.7. The summed E-state index contributed by atoms with van der Waals surface area (Å²) < 4.78 is 10.2. The highest BCUT2D eigenvalue weighted by molar-refractivity contribution is 7.99. The van der Waals surface area contributed by atoms with Crippen LogP contribution in [0.5, 0.6) is 0 Å². The topological polar surface area (TPSA) is 81.4 Å². The number of carbonyl (C=O) groups is 2. The maximum Gasteiger partial charge on any atom is 0.344 e. The zero-order valence-corrected chi connectivity index (χ0v) is 16.4. The van der Waals surface area contributed by atoms with E-state index < -0.39 is 18.5 Å². The predicted octanol–water partition coefficient (Wildman–Crippen LogP) is 4.49. The summed E-state index contributed by atoms with van der Waals surface area (Å²) in [5, 5.41) is 6.62. The van der Waals surface area contributed by atoms with E-state index in [0.717, 1.165) is 9.79 Å². The first-order valence-corrected chi connectivity index (χ1v) is 9.64. The lowest BCUT2D eigenvalue weighted by Crippen LogP contribution is -2.21. The van der Waals surface area contributed by atoms with Gasteiger partial charge in [0.2, 0.25) is 0 Å². The summed E-state index contributed by atoms with van der Waals surface area (Å²) in [5.41, 5.74) is 1.47. The van der Waals surface area contributed by atoms with Crippen molar-refractivity contribution in [1.82, 2.24) is 5.16 Å². The SMILES string of the molecule is CCc1noc(C)c1C(=O)OCC(=O)Nc1ccccc1Sc1ccccc1. The average Bonchev–Trinajstić information content (AvgIpc) is 3.09. The van der Waals surface area contributed by atoms with E-state index in [1.165, 1.54) is 0 Å². The predicted molar refractivity (Wildman–Crippen MR) is 107 cm³/mol. The molecule has 28 heavy (non-hydrogen) atoms. The summed E-state index contributed by atoms with van der Waals surface area (Å²) in [6.45, 7) is 3.11. The van der Waals surface area contributed by atoms with Crippen LogP contribution in [0.4, 0.5) is 5.69 Å². The number of esters is 1. The molecule has 1 amide bonds. The Morgan fingerprint density at radius 1 is 1.11 bits per heavy atom. The quantitative estimate of drug-likeness (QED) is 0.593. The van der Waals surface area contributed by atoms with E-state index in [4.69, 9.17) is 9.26 Å². The number of ether oxygens (including phenoxy) is 1. The maximum absolute atomic E-state index is 12.3. The second kappa shape index (κ2) is 9.23. The van der Waals surface area contributed by atoms with Crippen LogP contribution < -0.4 is 5.32 Å². The Hall–Kier alpha value is -3.06. The zero-order chi connectivity index (χ0) is 19.9. The number of amides is 1. The lowest BCUT2D eigenvalue weighted by Gasteiger charge is -2.11. The minimum absolute atomic E-state index is 0.287. The maximum atomic E-state index is 12.3. The van der Waals surface area contributed by atoms with Crippen LogP contribution in [0.1, 0.15) is 28.7 Å². The molecule has 0 saturated heterocycles. The van der Waals surface area contributed by atoms with Crippen molar-refractivity contribution in [2.24, 2.45) is 0 Å². The Labute approximate surface area is 167 Å². The van der Waals surface area contributed by atoms with Crippen molar-refractivity contribution in [2.75, 3.05) is 11.9 Å². The van der Waals surface area contributed by atoms with Crippen molar-refractivity contribution >= 4 is 29.3 Å². The third-order valence-electron chi connectivity index (χ3n) is 3.94. The molecule has 7 heteroatoms. The summed E-state index contributed by atoms with van der Waals surface area (Å²) in [7, 11) is 0. The number of carbonyl (C=O) groups excluding carboxylic acids is 2. The van der Waals surface area contributed by atoms with Crippen molar-refractivity contribution < 1.29 is 18.8 Å². The molecule has 0 radical (unpaired) electrons. The normalized spacial score (nSPS) is 10.5. The van der Waals surface area contributed by atoms with Gasteiger partial charge in [-0.3, -0.25) is 4.79 Å². The molecule has 2 aromatic carbocycles. The average molecular weight is 396 g/mol. The van der Waals surface area contributed by atoms with E-state index in [0.29, 0.717) is 23.6 Å². The standard InChI is InChI=1S/C21H20N2O4S/c1-3-16-20(14(2)27-23-16)21(25)26-13-19(24)22-17-11-7-8-12-18(17)28-15-9-5-4-6-10-15/h4-12H,3,13H2,1-2H3,(H,22,24). The minimum Gasteiger partial charge on any atom is -0.452 e. The first-order chi connectivity index (χ1) is 13.6. The van der Waals surface area contributed by atoms with E-state index in [9.17, 15) is 9.59 Å². The number of hydrogen-bond acceptors (Lipinski definition) is 6. The number of hydrogen-bond donors (Lipinski definition) is 1. The highest BCUT2D eigenvalue weighted by atomic mass is 32.2. The number of nitrogens with zero attached hydrogens (tertiary/aromatic N) is 1. The molecule has 0 aliphatic rings. The monoisotopic (exact) mass is 396 g/mol. The van der Waals surface area contributed by atoms with E-state index in [2.05, 4.69) is 10.5 Å².